The number of esters is 1. The van der Waals surface area contributed by atoms with Crippen LogP contribution in [-0.4, -0.2) is 20.4 Å². The van der Waals surface area contributed by atoms with Crippen LogP contribution < -0.4 is 5.46 Å². The zero-order valence-corrected chi connectivity index (χ0v) is 11.9. The van der Waals surface area contributed by atoms with Gasteiger partial charge in [0.15, 0.2) is 0 Å². The molecule has 0 spiro atoms. The van der Waals surface area contributed by atoms with Crippen molar-refractivity contribution in [3.8, 4) is 11.3 Å². The first-order valence-corrected chi connectivity index (χ1v) is 6.85. The number of hydrogen-bond acceptors (Lipinski definition) is 3. The van der Waals surface area contributed by atoms with E-state index in [0.29, 0.717) is 27.8 Å². The maximum atomic E-state index is 13.5. The van der Waals surface area contributed by atoms with Gasteiger partial charge in [-0.1, -0.05) is 29.7 Å². The average Bonchev–Trinajstić information content (AvgIpc) is 2.86. The number of furan rings is 1. The fourth-order valence-corrected chi connectivity index (χ4v) is 2.31. The lowest BCUT2D eigenvalue weighted by Crippen LogP contribution is -2.06. The molecular weight excluding hydrogens is 282 g/mol. The molecule has 3 aromatic rings. The molecule has 0 saturated heterocycles. The molecule has 0 amide bonds. The summed E-state index contributed by atoms with van der Waals surface area (Å²) in [6.45, 7) is 1.94. The lowest BCUT2D eigenvalue weighted by molar-refractivity contribution is 0.0529. The molecule has 3 nitrogen and oxygen atoms in total. The maximum absolute atomic E-state index is 13.5. The van der Waals surface area contributed by atoms with Crippen LogP contribution in [0.25, 0.3) is 22.3 Å². The molecule has 2 radical (unpaired) electrons. The Morgan fingerprint density at radius 2 is 1.95 bits per heavy atom. The van der Waals surface area contributed by atoms with Crippen LogP contribution >= 0.6 is 0 Å². The van der Waals surface area contributed by atoms with Crippen LogP contribution in [0.15, 0.2) is 46.9 Å². The third-order valence-electron chi connectivity index (χ3n) is 3.30. The Balaban J connectivity index is 2.26. The SMILES string of the molecule is [B]c1ccc(-c2oc3ccc(F)cc3c2C(=O)OCC)cc1. The van der Waals surface area contributed by atoms with Gasteiger partial charge in [0, 0.05) is 10.9 Å². The molecule has 0 saturated carbocycles. The quantitative estimate of drug-likeness (QED) is 0.550. The molecule has 0 aliphatic carbocycles. The topological polar surface area (TPSA) is 39.4 Å². The van der Waals surface area contributed by atoms with E-state index in [1.54, 1.807) is 31.2 Å². The average molecular weight is 294 g/mol. The Labute approximate surface area is 128 Å². The summed E-state index contributed by atoms with van der Waals surface area (Å²) < 4.78 is 24.3. The third kappa shape index (κ3) is 2.50. The second-order valence-corrected chi connectivity index (χ2v) is 4.79. The van der Waals surface area contributed by atoms with Gasteiger partial charge < -0.3 is 9.15 Å². The van der Waals surface area contributed by atoms with E-state index in [-0.39, 0.29) is 12.2 Å². The highest BCUT2D eigenvalue weighted by Gasteiger charge is 2.23. The van der Waals surface area contributed by atoms with Crippen molar-refractivity contribution >= 4 is 30.2 Å². The molecule has 1 heterocycles. The number of halogens is 1. The maximum Gasteiger partial charge on any atom is 0.342 e. The molecule has 3 rings (SSSR count). The fraction of sp³-hybridized carbons (Fsp3) is 0.118. The molecule has 0 bridgehead atoms. The zero-order valence-electron chi connectivity index (χ0n) is 11.9. The second-order valence-electron chi connectivity index (χ2n) is 4.79. The minimum Gasteiger partial charge on any atom is -0.462 e. The standard InChI is InChI=1S/C17H12BFO3/c1-2-21-17(20)15-13-9-12(19)7-8-14(13)22-16(15)10-3-5-11(18)6-4-10/h3-9H,2H2,1H3. The molecule has 0 N–H and O–H groups in total. The van der Waals surface area contributed by atoms with Crippen LogP contribution in [0.1, 0.15) is 17.3 Å². The van der Waals surface area contributed by atoms with Gasteiger partial charge >= 0.3 is 5.97 Å². The molecule has 0 unspecified atom stereocenters. The third-order valence-corrected chi connectivity index (χ3v) is 3.30. The Hall–Kier alpha value is -2.56. The van der Waals surface area contributed by atoms with Crippen molar-refractivity contribution in [3.63, 3.8) is 0 Å². The summed E-state index contributed by atoms with van der Waals surface area (Å²) >= 11 is 0. The van der Waals surface area contributed by atoms with Gasteiger partial charge in [-0.05, 0) is 25.1 Å². The first-order valence-electron chi connectivity index (χ1n) is 6.85. The number of fused-ring (bicyclic) bond motifs is 1. The van der Waals surface area contributed by atoms with Crippen molar-refractivity contribution in [1.29, 1.82) is 0 Å². The van der Waals surface area contributed by atoms with E-state index < -0.39 is 11.8 Å². The Morgan fingerprint density at radius 1 is 1.23 bits per heavy atom. The fourth-order valence-electron chi connectivity index (χ4n) is 2.31. The second kappa shape index (κ2) is 5.68. The summed E-state index contributed by atoms with van der Waals surface area (Å²) in [5.74, 6) is -0.638. The van der Waals surface area contributed by atoms with Crippen molar-refractivity contribution in [2.75, 3.05) is 6.61 Å². The number of rotatable bonds is 3. The summed E-state index contributed by atoms with van der Waals surface area (Å²) in [6, 6.07) is 10.9. The number of benzene rings is 2. The van der Waals surface area contributed by atoms with Crippen molar-refractivity contribution in [1.82, 2.24) is 0 Å². The highest BCUT2D eigenvalue weighted by atomic mass is 19.1. The predicted octanol–water partition coefficient (Wildman–Crippen LogP) is 3.21. The molecule has 0 atom stereocenters. The van der Waals surface area contributed by atoms with Crippen molar-refractivity contribution in [2.24, 2.45) is 0 Å². The van der Waals surface area contributed by atoms with E-state index in [4.69, 9.17) is 17.0 Å². The van der Waals surface area contributed by atoms with Crippen molar-refractivity contribution in [2.45, 2.75) is 6.92 Å². The Bertz CT molecular complexity index is 837. The molecule has 5 heteroatoms. The summed E-state index contributed by atoms with van der Waals surface area (Å²) in [5, 5.41) is 0.394. The van der Waals surface area contributed by atoms with Crippen LogP contribution in [0.3, 0.4) is 0 Å². The van der Waals surface area contributed by atoms with E-state index in [0.717, 1.165) is 0 Å². The Morgan fingerprint density at radius 3 is 2.64 bits per heavy atom. The van der Waals surface area contributed by atoms with E-state index in [1.807, 2.05) is 0 Å². The van der Waals surface area contributed by atoms with E-state index >= 15 is 0 Å². The zero-order chi connectivity index (χ0) is 15.7. The van der Waals surface area contributed by atoms with Crippen LogP contribution in [0.4, 0.5) is 4.39 Å². The predicted molar refractivity (Wildman–Crippen MR) is 83.0 cm³/mol. The molecule has 0 aliphatic heterocycles. The van der Waals surface area contributed by atoms with E-state index in [9.17, 15) is 9.18 Å². The van der Waals surface area contributed by atoms with Crippen molar-refractivity contribution in [3.05, 3.63) is 53.8 Å². The molecule has 0 fully saturated rings. The minimum absolute atomic E-state index is 0.223. The van der Waals surface area contributed by atoms with Gasteiger partial charge in [0.25, 0.3) is 0 Å². The number of hydrogen-bond donors (Lipinski definition) is 0. The van der Waals surface area contributed by atoms with Gasteiger partial charge in [0.1, 0.15) is 30.6 Å². The first kappa shape index (κ1) is 14.4. The number of carbonyl (C=O) groups excluding carboxylic acids is 1. The van der Waals surface area contributed by atoms with Gasteiger partial charge in [-0.3, -0.25) is 0 Å². The Kier molecular flexibility index (Phi) is 3.71. The number of ether oxygens (including phenoxy) is 1. The van der Waals surface area contributed by atoms with Crippen LogP contribution in [0.5, 0.6) is 0 Å². The highest BCUT2D eigenvalue weighted by Crippen LogP contribution is 2.34. The smallest absolute Gasteiger partial charge is 0.342 e. The molecular formula is C17H12BFO3. The van der Waals surface area contributed by atoms with Gasteiger partial charge in [-0.25, -0.2) is 9.18 Å². The van der Waals surface area contributed by atoms with Gasteiger partial charge in [0.2, 0.25) is 0 Å². The van der Waals surface area contributed by atoms with Gasteiger partial charge in [0.05, 0.1) is 6.61 Å². The molecule has 22 heavy (non-hydrogen) atoms. The summed E-state index contributed by atoms with van der Waals surface area (Å²) in [5.41, 5.74) is 1.93. The first-order chi connectivity index (χ1) is 10.6. The monoisotopic (exact) mass is 294 g/mol. The number of carbonyl (C=O) groups is 1. The van der Waals surface area contributed by atoms with Crippen LogP contribution in [0, 0.1) is 5.82 Å². The van der Waals surface area contributed by atoms with Gasteiger partial charge in [-0.15, -0.1) is 0 Å². The lowest BCUT2D eigenvalue weighted by Gasteiger charge is -2.04. The van der Waals surface area contributed by atoms with Crippen LogP contribution in [-0.2, 0) is 4.74 Å². The minimum atomic E-state index is -0.543. The molecule has 1 aromatic heterocycles. The summed E-state index contributed by atoms with van der Waals surface area (Å²) in [7, 11) is 5.67. The van der Waals surface area contributed by atoms with E-state index in [1.165, 1.54) is 18.2 Å². The molecule has 0 aliphatic rings. The summed E-state index contributed by atoms with van der Waals surface area (Å²) in [4.78, 5) is 12.3. The lowest BCUT2D eigenvalue weighted by atomic mass is 9.94. The highest BCUT2D eigenvalue weighted by molar-refractivity contribution is 6.32. The molecule has 108 valence electrons. The van der Waals surface area contributed by atoms with Crippen LogP contribution in [0.2, 0.25) is 0 Å². The largest absolute Gasteiger partial charge is 0.462 e. The summed E-state index contributed by atoms with van der Waals surface area (Å²) in [6.07, 6.45) is 0. The van der Waals surface area contributed by atoms with E-state index in [2.05, 4.69) is 0 Å². The van der Waals surface area contributed by atoms with Crippen molar-refractivity contribution < 1.29 is 18.3 Å². The normalized spacial score (nSPS) is 10.8. The van der Waals surface area contributed by atoms with Gasteiger partial charge in [-0.2, -0.15) is 0 Å². The molecule has 2 aromatic carbocycles.